The van der Waals surface area contributed by atoms with Gasteiger partial charge in [-0.15, -0.1) is 0 Å². The fourth-order valence-electron chi connectivity index (χ4n) is 5.84. The minimum Gasteiger partial charge on any atom is -0.347 e. The molecule has 1 aliphatic carbocycles. The number of nitrogens with one attached hydrogen (secondary N) is 1. The summed E-state index contributed by atoms with van der Waals surface area (Å²) in [6.07, 6.45) is 6.33. The SMILES string of the molecule is CCC(C(=O)N[C@H]1CCC2(CCN(CCC(C)(C)C)CC2)c2ccccc21)N(CC)C(C)=O. The van der Waals surface area contributed by atoms with Crippen LogP contribution < -0.4 is 5.32 Å². The number of likely N-dealkylation sites (N-methyl/N-ethyl adjacent to an activating group) is 1. The molecule has 5 heteroatoms. The molecule has 0 aromatic heterocycles. The summed E-state index contributed by atoms with van der Waals surface area (Å²) in [4.78, 5) is 29.6. The Bertz CT molecular complexity index is 821. The van der Waals surface area contributed by atoms with Gasteiger partial charge in [0.25, 0.3) is 0 Å². The van der Waals surface area contributed by atoms with Gasteiger partial charge in [0, 0.05) is 13.5 Å². The summed E-state index contributed by atoms with van der Waals surface area (Å²) in [7, 11) is 0. The second-order valence-electron chi connectivity index (χ2n) is 11.3. The maximum Gasteiger partial charge on any atom is 0.243 e. The zero-order valence-electron chi connectivity index (χ0n) is 21.7. The summed E-state index contributed by atoms with van der Waals surface area (Å²) in [5.74, 6) is -0.0666. The van der Waals surface area contributed by atoms with Gasteiger partial charge in [-0.25, -0.2) is 0 Å². The van der Waals surface area contributed by atoms with Crippen molar-refractivity contribution in [3.63, 3.8) is 0 Å². The Balaban J connectivity index is 1.72. The molecule has 184 valence electrons. The smallest absolute Gasteiger partial charge is 0.243 e. The third-order valence-corrected chi connectivity index (χ3v) is 7.94. The number of nitrogens with zero attached hydrogens (tertiary/aromatic N) is 2. The number of carbonyl (C=O) groups is 2. The Labute approximate surface area is 201 Å². The van der Waals surface area contributed by atoms with Gasteiger partial charge in [0.05, 0.1) is 6.04 Å². The molecule has 2 atom stereocenters. The molecule has 1 N–H and O–H groups in total. The van der Waals surface area contributed by atoms with Crippen LogP contribution >= 0.6 is 0 Å². The standard InChI is InChI=1S/C28H45N3O2/c1-7-25(31(8-2)21(3)32)26(33)29-24-13-14-28(23-12-10-9-11-22(23)24)16-19-30(20-17-28)18-15-27(4,5)6/h9-12,24-25H,7-8,13-20H2,1-6H3,(H,29,33)/t24-,25?/m0/s1. The first-order chi connectivity index (χ1) is 15.6. The predicted molar refractivity (Wildman–Crippen MR) is 135 cm³/mol. The minimum absolute atomic E-state index is 0.0256. The minimum atomic E-state index is -0.401. The molecule has 1 spiro atoms. The van der Waals surface area contributed by atoms with E-state index in [4.69, 9.17) is 0 Å². The summed E-state index contributed by atoms with van der Waals surface area (Å²) < 4.78 is 0. The Morgan fingerprint density at radius 1 is 1.15 bits per heavy atom. The second kappa shape index (κ2) is 10.6. The Kier molecular flexibility index (Phi) is 8.26. The predicted octanol–water partition coefficient (Wildman–Crippen LogP) is 5.05. The van der Waals surface area contributed by atoms with Gasteiger partial charge in [0.1, 0.15) is 6.04 Å². The molecule has 5 nitrogen and oxygen atoms in total. The Hall–Kier alpha value is -1.88. The molecule has 0 bridgehead atoms. The van der Waals surface area contributed by atoms with Gasteiger partial charge in [-0.2, -0.15) is 0 Å². The lowest BCUT2D eigenvalue weighted by Gasteiger charge is -2.47. The van der Waals surface area contributed by atoms with Gasteiger partial charge in [-0.3, -0.25) is 9.59 Å². The van der Waals surface area contributed by atoms with E-state index < -0.39 is 6.04 Å². The van der Waals surface area contributed by atoms with Gasteiger partial charge in [0.15, 0.2) is 0 Å². The average molecular weight is 456 g/mol. The third-order valence-electron chi connectivity index (χ3n) is 7.94. The summed E-state index contributed by atoms with van der Waals surface area (Å²) in [6, 6.07) is 8.38. The van der Waals surface area contributed by atoms with Crippen LogP contribution in [-0.2, 0) is 15.0 Å². The monoisotopic (exact) mass is 455 g/mol. The van der Waals surface area contributed by atoms with Crippen LogP contribution in [0.5, 0.6) is 0 Å². The van der Waals surface area contributed by atoms with Crippen molar-refractivity contribution < 1.29 is 9.59 Å². The largest absolute Gasteiger partial charge is 0.347 e. The average Bonchev–Trinajstić information content (AvgIpc) is 2.78. The van der Waals surface area contributed by atoms with E-state index >= 15 is 0 Å². The van der Waals surface area contributed by atoms with Crippen molar-refractivity contribution in [2.45, 2.75) is 97.6 Å². The van der Waals surface area contributed by atoms with Crippen LogP contribution in [-0.4, -0.2) is 53.8 Å². The number of amides is 2. The van der Waals surface area contributed by atoms with E-state index in [1.165, 1.54) is 36.9 Å². The van der Waals surface area contributed by atoms with Crippen LogP contribution in [0.15, 0.2) is 24.3 Å². The topological polar surface area (TPSA) is 52.7 Å². The van der Waals surface area contributed by atoms with Crippen molar-refractivity contribution >= 4 is 11.8 Å². The van der Waals surface area contributed by atoms with Crippen LogP contribution in [0.4, 0.5) is 0 Å². The maximum atomic E-state index is 13.2. The normalized spacial score (nSPS) is 21.3. The van der Waals surface area contributed by atoms with Crippen molar-refractivity contribution in [2.24, 2.45) is 5.41 Å². The van der Waals surface area contributed by atoms with E-state index in [2.05, 4.69) is 55.3 Å². The highest BCUT2D eigenvalue weighted by Crippen LogP contribution is 2.48. The summed E-state index contributed by atoms with van der Waals surface area (Å²) in [5.41, 5.74) is 3.32. The van der Waals surface area contributed by atoms with E-state index in [0.717, 1.165) is 25.9 Å². The number of carbonyl (C=O) groups excluding carboxylic acids is 2. The number of fused-ring (bicyclic) bond motifs is 2. The highest BCUT2D eigenvalue weighted by molar-refractivity contribution is 5.87. The van der Waals surface area contributed by atoms with Gasteiger partial charge < -0.3 is 15.1 Å². The van der Waals surface area contributed by atoms with Gasteiger partial charge in [0.2, 0.25) is 11.8 Å². The van der Waals surface area contributed by atoms with Crippen LogP contribution in [0, 0.1) is 5.41 Å². The maximum absolute atomic E-state index is 13.2. The molecule has 1 aromatic rings. The first-order valence-corrected chi connectivity index (χ1v) is 13.0. The molecule has 2 amide bonds. The number of piperidine rings is 1. The summed E-state index contributed by atoms with van der Waals surface area (Å²) in [6.45, 7) is 16.5. The zero-order valence-corrected chi connectivity index (χ0v) is 21.7. The van der Waals surface area contributed by atoms with Crippen LogP contribution in [0.1, 0.15) is 97.2 Å². The number of hydrogen-bond acceptors (Lipinski definition) is 3. The highest BCUT2D eigenvalue weighted by Gasteiger charge is 2.42. The zero-order chi connectivity index (χ0) is 24.2. The lowest BCUT2D eigenvalue weighted by Crippen LogP contribution is -2.51. The van der Waals surface area contributed by atoms with E-state index in [1.807, 2.05) is 13.8 Å². The molecule has 1 aromatic carbocycles. The quantitative estimate of drug-likeness (QED) is 0.626. The van der Waals surface area contributed by atoms with Crippen molar-refractivity contribution in [1.82, 2.24) is 15.1 Å². The number of likely N-dealkylation sites (tertiary alicyclic amines) is 1. The summed E-state index contributed by atoms with van der Waals surface area (Å²) >= 11 is 0. The second-order valence-corrected chi connectivity index (χ2v) is 11.3. The molecule has 2 aliphatic rings. The molecule has 0 radical (unpaired) electrons. The van der Waals surface area contributed by atoms with Gasteiger partial charge in [-0.05, 0) is 87.0 Å². The molecule has 33 heavy (non-hydrogen) atoms. The number of benzene rings is 1. The highest BCUT2D eigenvalue weighted by atomic mass is 16.2. The molecule has 1 unspecified atom stereocenters. The van der Waals surface area contributed by atoms with E-state index in [0.29, 0.717) is 18.4 Å². The van der Waals surface area contributed by atoms with E-state index in [9.17, 15) is 9.59 Å². The molecule has 3 rings (SSSR count). The molecular weight excluding hydrogens is 410 g/mol. The van der Waals surface area contributed by atoms with Crippen molar-refractivity contribution in [3.05, 3.63) is 35.4 Å². The molecule has 1 saturated heterocycles. The first kappa shape index (κ1) is 25.7. The number of rotatable bonds is 7. The first-order valence-electron chi connectivity index (χ1n) is 13.0. The molecule has 1 heterocycles. The van der Waals surface area contributed by atoms with E-state index in [-0.39, 0.29) is 23.3 Å². The lowest BCUT2D eigenvalue weighted by molar-refractivity contribution is -0.139. The Morgan fingerprint density at radius 3 is 2.39 bits per heavy atom. The lowest BCUT2D eigenvalue weighted by atomic mass is 9.63. The fourth-order valence-corrected chi connectivity index (χ4v) is 5.84. The fraction of sp³-hybridized carbons (Fsp3) is 0.714. The Morgan fingerprint density at radius 2 is 1.82 bits per heavy atom. The molecule has 1 aliphatic heterocycles. The molecule has 0 saturated carbocycles. The van der Waals surface area contributed by atoms with Crippen molar-refractivity contribution in [2.75, 3.05) is 26.2 Å². The van der Waals surface area contributed by atoms with Crippen molar-refractivity contribution in [3.8, 4) is 0 Å². The van der Waals surface area contributed by atoms with Crippen molar-refractivity contribution in [1.29, 1.82) is 0 Å². The third kappa shape index (κ3) is 5.98. The van der Waals surface area contributed by atoms with Crippen LogP contribution in [0.3, 0.4) is 0 Å². The van der Waals surface area contributed by atoms with Crippen LogP contribution in [0.2, 0.25) is 0 Å². The van der Waals surface area contributed by atoms with Crippen LogP contribution in [0.25, 0.3) is 0 Å². The van der Waals surface area contributed by atoms with Gasteiger partial charge in [-0.1, -0.05) is 52.0 Å². The van der Waals surface area contributed by atoms with Gasteiger partial charge >= 0.3 is 0 Å². The number of hydrogen-bond donors (Lipinski definition) is 1. The molecule has 1 fully saturated rings. The summed E-state index contributed by atoms with van der Waals surface area (Å²) in [5, 5.41) is 3.32. The van der Waals surface area contributed by atoms with E-state index in [1.54, 1.807) is 11.8 Å². The molecular formula is C28H45N3O2.